The van der Waals surface area contributed by atoms with Crippen LogP contribution in [0.15, 0.2) is 30.3 Å². The molecule has 0 aliphatic rings. The summed E-state index contributed by atoms with van der Waals surface area (Å²) in [4.78, 5) is 20.4. The number of alkyl halides is 3. The van der Waals surface area contributed by atoms with Crippen LogP contribution in [0.5, 0.6) is 0 Å². The van der Waals surface area contributed by atoms with E-state index in [4.69, 9.17) is 0 Å². The van der Waals surface area contributed by atoms with Crippen LogP contribution in [0.2, 0.25) is 0 Å². The van der Waals surface area contributed by atoms with Crippen molar-refractivity contribution in [3.8, 4) is 0 Å². The molecule has 128 valence electrons. The maximum Gasteiger partial charge on any atom is 0.416 e. The van der Waals surface area contributed by atoms with Crippen LogP contribution >= 0.6 is 0 Å². The highest BCUT2D eigenvalue weighted by atomic mass is 19.4. The quantitative estimate of drug-likeness (QED) is 0.868. The van der Waals surface area contributed by atoms with Crippen LogP contribution in [-0.4, -0.2) is 22.4 Å². The van der Waals surface area contributed by atoms with E-state index in [1.807, 2.05) is 6.92 Å². The molecule has 8 heteroatoms. The summed E-state index contributed by atoms with van der Waals surface area (Å²) in [6.07, 6.45) is -3.59. The number of nitrogens with one attached hydrogen (secondary N) is 2. The smallest absolute Gasteiger partial charge is 0.370 e. The summed E-state index contributed by atoms with van der Waals surface area (Å²) in [6.45, 7) is 4.31. The van der Waals surface area contributed by atoms with E-state index < -0.39 is 17.6 Å². The molecule has 0 saturated carbocycles. The fourth-order valence-corrected chi connectivity index (χ4v) is 2.00. The van der Waals surface area contributed by atoms with Gasteiger partial charge in [0.15, 0.2) is 0 Å². The Bertz CT molecular complexity index is 732. The second-order valence-corrected chi connectivity index (χ2v) is 5.15. The molecule has 0 radical (unpaired) electrons. The van der Waals surface area contributed by atoms with Crippen LogP contribution in [0.3, 0.4) is 0 Å². The topological polar surface area (TPSA) is 66.9 Å². The van der Waals surface area contributed by atoms with Crippen molar-refractivity contribution in [2.24, 2.45) is 0 Å². The molecule has 2 aromatic rings. The zero-order chi connectivity index (χ0) is 17.7. The van der Waals surface area contributed by atoms with E-state index in [0.717, 1.165) is 18.6 Å². The third-order valence-electron chi connectivity index (χ3n) is 3.07. The molecule has 0 atom stereocenters. The van der Waals surface area contributed by atoms with E-state index in [-0.39, 0.29) is 11.4 Å². The highest BCUT2D eigenvalue weighted by Crippen LogP contribution is 2.30. The minimum Gasteiger partial charge on any atom is -0.370 e. The van der Waals surface area contributed by atoms with Gasteiger partial charge in [0.05, 0.1) is 5.56 Å². The molecule has 1 heterocycles. The third kappa shape index (κ3) is 4.68. The first-order valence-corrected chi connectivity index (χ1v) is 7.37. The molecule has 1 amide bonds. The normalized spacial score (nSPS) is 11.2. The van der Waals surface area contributed by atoms with Crippen molar-refractivity contribution in [1.29, 1.82) is 0 Å². The Morgan fingerprint density at radius 1 is 1.21 bits per heavy atom. The maximum atomic E-state index is 12.7. The predicted molar refractivity (Wildman–Crippen MR) is 84.9 cm³/mol. The summed E-state index contributed by atoms with van der Waals surface area (Å²) >= 11 is 0. The SMILES string of the molecule is CCCNc1cc(C(=O)Nc2cccc(C(F)(F)F)c2)nc(C)n1. The Labute approximate surface area is 137 Å². The standard InChI is InChI=1S/C16H17F3N4O/c1-3-7-20-14-9-13(21-10(2)22-14)15(24)23-12-6-4-5-11(8-12)16(17,18)19/h4-6,8-9H,3,7H2,1-2H3,(H,23,24)(H,20,21,22). The number of anilines is 2. The molecule has 24 heavy (non-hydrogen) atoms. The number of hydrogen-bond donors (Lipinski definition) is 2. The fourth-order valence-electron chi connectivity index (χ4n) is 2.00. The van der Waals surface area contributed by atoms with Crippen molar-refractivity contribution in [2.45, 2.75) is 26.4 Å². The van der Waals surface area contributed by atoms with Crippen LogP contribution in [-0.2, 0) is 6.18 Å². The van der Waals surface area contributed by atoms with Crippen LogP contribution in [0.4, 0.5) is 24.7 Å². The minimum absolute atomic E-state index is 0.0501. The molecule has 1 aromatic heterocycles. The molecule has 1 aromatic carbocycles. The van der Waals surface area contributed by atoms with Gasteiger partial charge in [0.25, 0.3) is 5.91 Å². The summed E-state index contributed by atoms with van der Waals surface area (Å²) < 4.78 is 38.1. The van der Waals surface area contributed by atoms with E-state index >= 15 is 0 Å². The highest BCUT2D eigenvalue weighted by Gasteiger charge is 2.30. The fraction of sp³-hybridized carbons (Fsp3) is 0.312. The number of amides is 1. The second kappa shape index (κ2) is 7.29. The molecule has 0 saturated heterocycles. The number of halogens is 3. The first-order chi connectivity index (χ1) is 11.3. The van der Waals surface area contributed by atoms with Crippen LogP contribution in [0, 0.1) is 6.92 Å². The van der Waals surface area contributed by atoms with Crippen molar-refractivity contribution in [3.63, 3.8) is 0 Å². The van der Waals surface area contributed by atoms with Gasteiger partial charge in [-0.1, -0.05) is 13.0 Å². The van der Waals surface area contributed by atoms with Crippen molar-refractivity contribution >= 4 is 17.4 Å². The lowest BCUT2D eigenvalue weighted by molar-refractivity contribution is -0.137. The molecule has 0 unspecified atom stereocenters. The number of rotatable bonds is 5. The van der Waals surface area contributed by atoms with Crippen molar-refractivity contribution in [2.75, 3.05) is 17.2 Å². The predicted octanol–water partition coefficient (Wildman–Crippen LogP) is 3.88. The summed E-state index contributed by atoms with van der Waals surface area (Å²) in [6, 6.07) is 5.90. The summed E-state index contributed by atoms with van der Waals surface area (Å²) in [5.41, 5.74) is -0.697. The largest absolute Gasteiger partial charge is 0.416 e. The Morgan fingerprint density at radius 2 is 1.96 bits per heavy atom. The molecule has 0 fully saturated rings. The van der Waals surface area contributed by atoms with Gasteiger partial charge < -0.3 is 10.6 Å². The lowest BCUT2D eigenvalue weighted by Crippen LogP contribution is -2.16. The van der Waals surface area contributed by atoms with Gasteiger partial charge in [-0.05, 0) is 31.5 Å². The van der Waals surface area contributed by atoms with Gasteiger partial charge in [-0.15, -0.1) is 0 Å². The number of carbonyl (C=O) groups is 1. The van der Waals surface area contributed by atoms with Gasteiger partial charge in [-0.25, -0.2) is 9.97 Å². The molecule has 2 N–H and O–H groups in total. The van der Waals surface area contributed by atoms with Crippen LogP contribution in [0.25, 0.3) is 0 Å². The Morgan fingerprint density at radius 3 is 2.62 bits per heavy atom. The second-order valence-electron chi connectivity index (χ2n) is 5.15. The summed E-state index contributed by atoms with van der Waals surface area (Å²) in [7, 11) is 0. The van der Waals surface area contributed by atoms with Gasteiger partial charge in [0.1, 0.15) is 17.3 Å². The molecule has 2 rings (SSSR count). The summed E-state index contributed by atoms with van der Waals surface area (Å²) in [5, 5.41) is 5.47. The number of aryl methyl sites for hydroxylation is 1. The molecular formula is C16H17F3N4O. The van der Waals surface area contributed by atoms with E-state index in [1.165, 1.54) is 18.2 Å². The van der Waals surface area contributed by atoms with Gasteiger partial charge in [0.2, 0.25) is 0 Å². The minimum atomic E-state index is -4.47. The zero-order valence-corrected chi connectivity index (χ0v) is 13.2. The molecule has 0 bridgehead atoms. The molecular weight excluding hydrogens is 321 g/mol. The Kier molecular flexibility index (Phi) is 5.38. The molecule has 0 aliphatic heterocycles. The number of nitrogens with zero attached hydrogens (tertiary/aromatic N) is 2. The van der Waals surface area contributed by atoms with E-state index in [1.54, 1.807) is 6.92 Å². The van der Waals surface area contributed by atoms with Gasteiger partial charge in [-0.3, -0.25) is 4.79 Å². The van der Waals surface area contributed by atoms with E-state index in [0.29, 0.717) is 18.2 Å². The lowest BCUT2D eigenvalue weighted by atomic mass is 10.2. The monoisotopic (exact) mass is 338 g/mol. The lowest BCUT2D eigenvalue weighted by Gasteiger charge is -2.11. The number of benzene rings is 1. The van der Waals surface area contributed by atoms with Gasteiger partial charge in [0, 0.05) is 18.3 Å². The third-order valence-corrected chi connectivity index (χ3v) is 3.07. The number of carbonyl (C=O) groups excluding carboxylic acids is 1. The van der Waals surface area contributed by atoms with Crippen molar-refractivity contribution < 1.29 is 18.0 Å². The number of aromatic nitrogens is 2. The average molecular weight is 338 g/mol. The van der Waals surface area contributed by atoms with Crippen molar-refractivity contribution in [1.82, 2.24) is 9.97 Å². The van der Waals surface area contributed by atoms with E-state index in [9.17, 15) is 18.0 Å². The molecule has 0 spiro atoms. The van der Waals surface area contributed by atoms with Crippen molar-refractivity contribution in [3.05, 3.63) is 47.4 Å². The first kappa shape index (κ1) is 17.7. The zero-order valence-electron chi connectivity index (χ0n) is 13.2. The number of hydrogen-bond acceptors (Lipinski definition) is 4. The van der Waals surface area contributed by atoms with E-state index in [2.05, 4.69) is 20.6 Å². The summed E-state index contributed by atoms with van der Waals surface area (Å²) in [5.74, 6) is 0.295. The van der Waals surface area contributed by atoms with Crippen LogP contribution in [0.1, 0.15) is 35.2 Å². The first-order valence-electron chi connectivity index (χ1n) is 7.37. The average Bonchev–Trinajstić information content (AvgIpc) is 2.52. The molecule has 5 nitrogen and oxygen atoms in total. The Hall–Kier alpha value is -2.64. The molecule has 0 aliphatic carbocycles. The van der Waals surface area contributed by atoms with Gasteiger partial charge in [-0.2, -0.15) is 13.2 Å². The maximum absolute atomic E-state index is 12.7. The van der Waals surface area contributed by atoms with Gasteiger partial charge >= 0.3 is 6.18 Å². The Balaban J connectivity index is 2.19. The highest BCUT2D eigenvalue weighted by molar-refractivity contribution is 6.03. The van der Waals surface area contributed by atoms with Crippen LogP contribution < -0.4 is 10.6 Å².